The maximum Gasteiger partial charge on any atom is 0.294 e. The van der Waals surface area contributed by atoms with Crippen LogP contribution in [-0.2, 0) is 4.79 Å². The largest absolute Gasteiger partial charge is 0.465 e. The van der Waals surface area contributed by atoms with Crippen LogP contribution in [0.1, 0.15) is 11.3 Å². The van der Waals surface area contributed by atoms with Crippen LogP contribution in [0.25, 0.3) is 6.08 Å². The molecule has 4 rings (SSSR count). The number of thioether (sulfide) groups is 1. The van der Waals surface area contributed by atoms with Gasteiger partial charge in [0.15, 0.2) is 0 Å². The van der Waals surface area contributed by atoms with Crippen LogP contribution in [0, 0.1) is 6.92 Å². The summed E-state index contributed by atoms with van der Waals surface area (Å²) in [5.74, 6) is 0.328. The highest BCUT2D eigenvalue weighted by molar-refractivity contribution is 8.18. The first-order valence-electron chi connectivity index (χ1n) is 8.93. The van der Waals surface area contributed by atoms with Crippen molar-refractivity contribution in [2.45, 2.75) is 6.92 Å². The lowest BCUT2D eigenvalue weighted by Crippen LogP contribution is -2.50. The predicted molar refractivity (Wildman–Crippen MR) is 106 cm³/mol. The molecule has 0 unspecified atom stereocenters. The molecule has 140 valence electrons. The highest BCUT2D eigenvalue weighted by Gasteiger charge is 2.36. The van der Waals surface area contributed by atoms with Crippen LogP contribution in [0.3, 0.4) is 0 Å². The number of anilines is 1. The number of carbonyl (C=O) groups excluding carboxylic acids is 2. The fourth-order valence-electron chi connectivity index (χ4n) is 3.23. The summed E-state index contributed by atoms with van der Waals surface area (Å²) in [5.41, 5.74) is 2.46. The van der Waals surface area contributed by atoms with Crippen LogP contribution in [0.2, 0.25) is 0 Å². The van der Waals surface area contributed by atoms with Crippen LogP contribution in [0.5, 0.6) is 0 Å². The number of benzene rings is 1. The second-order valence-corrected chi connectivity index (χ2v) is 7.70. The maximum absolute atomic E-state index is 12.6. The molecule has 0 radical (unpaired) electrons. The molecule has 1 aromatic carbocycles. The summed E-state index contributed by atoms with van der Waals surface area (Å²) in [7, 11) is 0. The van der Waals surface area contributed by atoms with Gasteiger partial charge < -0.3 is 9.32 Å². The Morgan fingerprint density at radius 1 is 1.07 bits per heavy atom. The van der Waals surface area contributed by atoms with E-state index in [1.165, 1.54) is 16.2 Å². The van der Waals surface area contributed by atoms with Gasteiger partial charge in [0.05, 0.1) is 17.8 Å². The van der Waals surface area contributed by atoms with E-state index in [1.807, 2.05) is 0 Å². The van der Waals surface area contributed by atoms with Crippen molar-refractivity contribution in [3.63, 3.8) is 0 Å². The van der Waals surface area contributed by atoms with E-state index in [2.05, 4.69) is 41.0 Å². The number of furan rings is 1. The Balaban J connectivity index is 1.35. The topological polar surface area (TPSA) is 57.0 Å². The van der Waals surface area contributed by atoms with Crippen molar-refractivity contribution in [3.05, 3.63) is 58.9 Å². The van der Waals surface area contributed by atoms with Crippen molar-refractivity contribution in [2.75, 3.05) is 37.7 Å². The second kappa shape index (κ2) is 7.62. The Morgan fingerprint density at radius 3 is 2.48 bits per heavy atom. The Labute approximate surface area is 162 Å². The number of rotatable bonds is 4. The zero-order chi connectivity index (χ0) is 18.8. The lowest BCUT2D eigenvalue weighted by Gasteiger charge is -2.37. The zero-order valence-electron chi connectivity index (χ0n) is 15.1. The fourth-order valence-corrected chi connectivity index (χ4v) is 4.04. The first kappa shape index (κ1) is 17.9. The summed E-state index contributed by atoms with van der Waals surface area (Å²) in [4.78, 5) is 31.1. The first-order valence-corrected chi connectivity index (χ1v) is 9.75. The standard InChI is InChI=1S/C20H21N3O3S/c1-15-4-6-16(7-5-15)22-10-8-21(9-11-22)14-23-19(24)18(27-20(23)25)13-17-3-2-12-26-17/h2-7,12-13H,8-11,14H2,1H3/b18-13+. The summed E-state index contributed by atoms with van der Waals surface area (Å²) in [6.45, 7) is 5.79. The van der Waals surface area contributed by atoms with Crippen LogP contribution in [0.15, 0.2) is 52.0 Å². The van der Waals surface area contributed by atoms with E-state index < -0.39 is 0 Å². The van der Waals surface area contributed by atoms with Gasteiger partial charge in [-0.3, -0.25) is 19.4 Å². The van der Waals surface area contributed by atoms with E-state index in [9.17, 15) is 9.59 Å². The molecular formula is C20H21N3O3S. The molecule has 2 saturated heterocycles. The monoisotopic (exact) mass is 383 g/mol. The molecule has 0 saturated carbocycles. The molecule has 0 atom stereocenters. The Kier molecular flexibility index (Phi) is 5.05. The second-order valence-electron chi connectivity index (χ2n) is 6.71. The molecule has 0 bridgehead atoms. The van der Waals surface area contributed by atoms with Crippen molar-refractivity contribution in [1.82, 2.24) is 9.80 Å². The van der Waals surface area contributed by atoms with E-state index in [-0.39, 0.29) is 11.1 Å². The van der Waals surface area contributed by atoms with Gasteiger partial charge in [-0.2, -0.15) is 0 Å². The number of aryl methyl sites for hydroxylation is 1. The third-order valence-corrected chi connectivity index (χ3v) is 5.71. The average molecular weight is 383 g/mol. The number of piperazine rings is 1. The van der Waals surface area contributed by atoms with Gasteiger partial charge in [-0.05, 0) is 43.0 Å². The average Bonchev–Trinajstić information content (AvgIpc) is 3.27. The number of hydrogen-bond donors (Lipinski definition) is 0. The van der Waals surface area contributed by atoms with Gasteiger partial charge >= 0.3 is 0 Å². The summed E-state index contributed by atoms with van der Waals surface area (Å²) in [6, 6.07) is 12.0. The van der Waals surface area contributed by atoms with Gasteiger partial charge in [-0.25, -0.2) is 0 Å². The Hall–Kier alpha value is -2.51. The fraction of sp³-hybridized carbons (Fsp3) is 0.300. The third kappa shape index (κ3) is 3.94. The minimum Gasteiger partial charge on any atom is -0.465 e. The van der Waals surface area contributed by atoms with Crippen LogP contribution >= 0.6 is 11.8 Å². The highest BCUT2D eigenvalue weighted by atomic mass is 32.2. The van der Waals surface area contributed by atoms with Gasteiger partial charge in [-0.1, -0.05) is 17.7 Å². The molecule has 6 nitrogen and oxygen atoms in total. The van der Waals surface area contributed by atoms with Crippen molar-refractivity contribution in [1.29, 1.82) is 0 Å². The number of hydrogen-bond acceptors (Lipinski definition) is 6. The van der Waals surface area contributed by atoms with Gasteiger partial charge in [-0.15, -0.1) is 0 Å². The maximum atomic E-state index is 12.6. The minimum atomic E-state index is -0.248. The predicted octanol–water partition coefficient (Wildman–Crippen LogP) is 3.40. The first-order chi connectivity index (χ1) is 13.1. The quantitative estimate of drug-likeness (QED) is 0.754. The zero-order valence-corrected chi connectivity index (χ0v) is 15.9. The summed E-state index contributed by atoms with van der Waals surface area (Å²) in [6.07, 6.45) is 3.17. The molecular weight excluding hydrogens is 362 g/mol. The minimum absolute atomic E-state index is 0.223. The lowest BCUT2D eigenvalue weighted by atomic mass is 10.2. The number of carbonyl (C=O) groups is 2. The summed E-state index contributed by atoms with van der Waals surface area (Å²) >= 11 is 0.969. The molecule has 2 amide bonds. The number of nitrogens with zero attached hydrogens (tertiary/aromatic N) is 3. The Morgan fingerprint density at radius 2 is 1.81 bits per heavy atom. The normalized spacial score (nSPS) is 20.1. The van der Waals surface area contributed by atoms with Gasteiger partial charge in [0, 0.05) is 37.9 Å². The molecule has 2 aliphatic rings. The van der Waals surface area contributed by atoms with Gasteiger partial charge in [0.25, 0.3) is 11.1 Å². The van der Waals surface area contributed by atoms with Crippen molar-refractivity contribution >= 4 is 34.7 Å². The molecule has 27 heavy (non-hydrogen) atoms. The molecule has 7 heteroatoms. The Bertz CT molecular complexity index is 853. The van der Waals surface area contributed by atoms with E-state index >= 15 is 0 Å². The third-order valence-electron chi connectivity index (χ3n) is 4.80. The smallest absolute Gasteiger partial charge is 0.294 e. The molecule has 3 heterocycles. The van der Waals surface area contributed by atoms with E-state index in [0.29, 0.717) is 17.3 Å². The van der Waals surface area contributed by atoms with E-state index in [0.717, 1.165) is 37.9 Å². The van der Waals surface area contributed by atoms with Crippen molar-refractivity contribution in [3.8, 4) is 0 Å². The van der Waals surface area contributed by atoms with Gasteiger partial charge in [0.2, 0.25) is 0 Å². The number of amides is 2. The molecule has 0 spiro atoms. The molecule has 0 N–H and O–H groups in total. The van der Waals surface area contributed by atoms with Gasteiger partial charge in [0.1, 0.15) is 5.76 Å². The van der Waals surface area contributed by atoms with E-state index in [1.54, 1.807) is 24.5 Å². The molecule has 1 aromatic heterocycles. The van der Waals surface area contributed by atoms with E-state index in [4.69, 9.17) is 4.42 Å². The summed E-state index contributed by atoms with van der Waals surface area (Å²) < 4.78 is 5.24. The highest BCUT2D eigenvalue weighted by Crippen LogP contribution is 2.32. The molecule has 2 aromatic rings. The SMILES string of the molecule is Cc1ccc(N2CCN(CN3C(=O)S/C(=C/c4ccco4)C3=O)CC2)cc1. The molecule has 2 aliphatic heterocycles. The van der Waals surface area contributed by atoms with Crippen LogP contribution < -0.4 is 4.90 Å². The van der Waals surface area contributed by atoms with Crippen molar-refractivity contribution in [2.24, 2.45) is 0 Å². The summed E-state index contributed by atoms with van der Waals surface area (Å²) in [5, 5.41) is -0.223. The van der Waals surface area contributed by atoms with Crippen LogP contribution in [-0.4, -0.2) is 53.8 Å². The van der Waals surface area contributed by atoms with Crippen LogP contribution in [0.4, 0.5) is 10.5 Å². The molecule has 0 aliphatic carbocycles. The lowest BCUT2D eigenvalue weighted by molar-refractivity contribution is -0.124. The molecule has 2 fully saturated rings. The number of imide groups is 1. The van der Waals surface area contributed by atoms with Crippen molar-refractivity contribution < 1.29 is 14.0 Å².